The van der Waals surface area contributed by atoms with Gasteiger partial charge in [0.15, 0.2) is 0 Å². The van der Waals surface area contributed by atoms with Gasteiger partial charge in [-0.15, -0.1) is 0 Å². The van der Waals surface area contributed by atoms with Crippen molar-refractivity contribution in [2.75, 3.05) is 6.54 Å². The van der Waals surface area contributed by atoms with E-state index in [-0.39, 0.29) is 12.0 Å². The molecule has 0 saturated carbocycles. The molecule has 0 radical (unpaired) electrons. The number of hydrogen-bond donors (Lipinski definition) is 0. The zero-order valence-electron chi connectivity index (χ0n) is 23.9. The zero-order chi connectivity index (χ0) is 30.8. The van der Waals surface area contributed by atoms with Gasteiger partial charge in [-0.2, -0.15) is 13.2 Å². The molecule has 0 N–H and O–H groups in total. The highest BCUT2D eigenvalue weighted by atomic mass is 19.4. The molecule has 2 atom stereocenters. The third kappa shape index (κ3) is 5.06. The van der Waals surface area contributed by atoms with Gasteiger partial charge in [0.05, 0.1) is 11.2 Å². The summed E-state index contributed by atoms with van der Waals surface area (Å²) in [6, 6.07) is 7.62. The molecule has 0 aromatic heterocycles. The van der Waals surface area contributed by atoms with Crippen molar-refractivity contribution in [1.29, 1.82) is 0 Å². The second kappa shape index (κ2) is 10.1. The number of benzene rings is 2. The second-order valence-corrected chi connectivity index (χ2v) is 12.0. The van der Waals surface area contributed by atoms with Crippen molar-refractivity contribution in [2.24, 2.45) is 0 Å². The maximum absolute atomic E-state index is 13.7. The van der Waals surface area contributed by atoms with E-state index in [1.54, 1.807) is 12.1 Å². The molecule has 224 valence electrons. The van der Waals surface area contributed by atoms with Gasteiger partial charge in [-0.1, -0.05) is 30.3 Å². The van der Waals surface area contributed by atoms with Crippen LogP contribution in [0.4, 0.5) is 22.4 Å². The molecule has 5 rings (SSSR count). The van der Waals surface area contributed by atoms with Crippen LogP contribution in [-0.2, 0) is 42.2 Å². The molecular formula is C29H31BF4N2O6. The first kappa shape index (κ1) is 30.0. The highest BCUT2D eigenvalue weighted by Gasteiger charge is 2.59. The van der Waals surface area contributed by atoms with E-state index in [1.165, 1.54) is 12.1 Å². The summed E-state index contributed by atoms with van der Waals surface area (Å²) >= 11 is 0. The number of ether oxygens (including phenoxy) is 1. The molecule has 2 saturated heterocycles. The summed E-state index contributed by atoms with van der Waals surface area (Å²) in [5.41, 5.74) is -0.644. The number of alkyl halides is 3. The monoisotopic (exact) mass is 590 g/mol. The quantitative estimate of drug-likeness (QED) is 0.370. The third-order valence-electron chi connectivity index (χ3n) is 8.73. The molecule has 3 aliphatic rings. The molecule has 1 unspecified atom stereocenters. The summed E-state index contributed by atoms with van der Waals surface area (Å²) in [7, 11) is -0.643. The molecule has 2 aromatic rings. The summed E-state index contributed by atoms with van der Waals surface area (Å²) in [6.07, 6.45) is -5.41. The Kier molecular flexibility index (Phi) is 7.21. The molecule has 2 aromatic carbocycles. The number of imide groups is 1. The van der Waals surface area contributed by atoms with Crippen molar-refractivity contribution in [3.63, 3.8) is 0 Å². The van der Waals surface area contributed by atoms with Gasteiger partial charge in [0.2, 0.25) is 11.5 Å². The van der Waals surface area contributed by atoms with E-state index in [2.05, 4.69) is 0 Å². The lowest BCUT2D eigenvalue weighted by Gasteiger charge is -2.32. The van der Waals surface area contributed by atoms with Crippen molar-refractivity contribution in [3.8, 4) is 0 Å². The van der Waals surface area contributed by atoms with Crippen molar-refractivity contribution in [2.45, 2.75) is 83.0 Å². The smallest absolute Gasteiger partial charge is 0.427 e. The van der Waals surface area contributed by atoms with Crippen molar-refractivity contribution < 1.29 is 46.0 Å². The topological polar surface area (TPSA) is 85.4 Å². The molecule has 8 nitrogen and oxygen atoms in total. The predicted molar refractivity (Wildman–Crippen MR) is 143 cm³/mol. The Hall–Kier alpha value is -3.45. The Bertz CT molecular complexity index is 1410. The highest BCUT2D eigenvalue weighted by Crippen LogP contribution is 2.45. The summed E-state index contributed by atoms with van der Waals surface area (Å²) in [5, 5.41) is 0. The Labute approximate surface area is 241 Å². The van der Waals surface area contributed by atoms with Gasteiger partial charge in [0, 0.05) is 18.5 Å². The molecule has 42 heavy (non-hydrogen) atoms. The van der Waals surface area contributed by atoms with E-state index >= 15 is 0 Å². The lowest BCUT2D eigenvalue weighted by atomic mass is 9.77. The van der Waals surface area contributed by atoms with Crippen LogP contribution < -0.4 is 5.46 Å². The first-order valence-corrected chi connectivity index (χ1v) is 13.6. The van der Waals surface area contributed by atoms with Gasteiger partial charge in [-0.25, -0.2) is 14.1 Å². The minimum absolute atomic E-state index is 0.114. The number of carbonyl (C=O) groups excluding carboxylic acids is 3. The highest BCUT2D eigenvalue weighted by molar-refractivity contribution is 6.62. The SMILES string of the molecule is C[C@H](N(Cc1ccc(F)cc1)C(=O)CN1C(=O)OC2(CCc3cc(B4OC(C)(C)C(C)(C)O4)ccc32)C1=O)C(F)(F)F. The lowest BCUT2D eigenvalue weighted by Crippen LogP contribution is -2.51. The number of aryl methyl sites for hydroxylation is 1. The fourth-order valence-corrected chi connectivity index (χ4v) is 5.43. The van der Waals surface area contributed by atoms with Crippen LogP contribution in [0.3, 0.4) is 0 Å². The standard InChI is InChI=1S/C29H31BF4N2O6/c1-17(29(32,33)34)35(15-18-6-9-21(31)10-7-18)23(37)16-36-24(38)28(40-25(36)39)13-12-19-14-20(8-11-22(19)28)30-41-26(2,3)27(4,5)42-30/h6-11,14,17H,12-13,15-16H2,1-5H3/t17-,28?/m0/s1. The number of fused-ring (bicyclic) bond motifs is 2. The van der Waals surface area contributed by atoms with Crippen molar-refractivity contribution in [3.05, 3.63) is 65.0 Å². The normalized spacial score (nSPS) is 23.4. The Balaban J connectivity index is 1.36. The van der Waals surface area contributed by atoms with Gasteiger partial charge >= 0.3 is 19.4 Å². The molecule has 2 heterocycles. The summed E-state index contributed by atoms with van der Waals surface area (Å²) in [6.45, 7) is 7.07. The summed E-state index contributed by atoms with van der Waals surface area (Å²) in [4.78, 5) is 40.8. The van der Waals surface area contributed by atoms with Crippen LogP contribution in [0.5, 0.6) is 0 Å². The Morgan fingerprint density at radius 1 is 1.05 bits per heavy atom. The predicted octanol–water partition coefficient (Wildman–Crippen LogP) is 4.22. The van der Waals surface area contributed by atoms with Gasteiger partial charge in [0.1, 0.15) is 18.4 Å². The number of rotatable bonds is 6. The first-order valence-electron chi connectivity index (χ1n) is 13.6. The van der Waals surface area contributed by atoms with Crippen molar-refractivity contribution >= 4 is 30.5 Å². The molecule has 3 amide bonds. The molecular weight excluding hydrogens is 559 g/mol. The van der Waals surface area contributed by atoms with Crippen LogP contribution in [0.2, 0.25) is 0 Å². The number of hydrogen-bond acceptors (Lipinski definition) is 6. The van der Waals surface area contributed by atoms with Crippen molar-refractivity contribution in [1.82, 2.24) is 9.80 Å². The number of carbonyl (C=O) groups is 3. The van der Waals surface area contributed by atoms with E-state index in [0.29, 0.717) is 21.8 Å². The Morgan fingerprint density at radius 2 is 1.67 bits per heavy atom. The second-order valence-electron chi connectivity index (χ2n) is 12.0. The summed E-state index contributed by atoms with van der Waals surface area (Å²) < 4.78 is 72.2. The van der Waals surface area contributed by atoms with Crippen LogP contribution >= 0.6 is 0 Å². The van der Waals surface area contributed by atoms with Crippen LogP contribution in [0.1, 0.15) is 57.7 Å². The van der Waals surface area contributed by atoms with E-state index in [9.17, 15) is 31.9 Å². The minimum Gasteiger partial charge on any atom is -0.427 e. The molecule has 13 heteroatoms. The lowest BCUT2D eigenvalue weighted by molar-refractivity contribution is -0.187. The zero-order valence-corrected chi connectivity index (χ0v) is 23.9. The minimum atomic E-state index is -4.79. The fourth-order valence-electron chi connectivity index (χ4n) is 5.43. The van der Waals surface area contributed by atoms with E-state index in [0.717, 1.165) is 30.1 Å². The van der Waals surface area contributed by atoms with Gasteiger partial charge in [-0.05, 0) is 69.8 Å². The molecule has 1 aliphatic carbocycles. The fraction of sp³-hybridized carbons (Fsp3) is 0.483. The molecule has 0 bridgehead atoms. The average molecular weight is 590 g/mol. The van der Waals surface area contributed by atoms with Crippen LogP contribution in [0.25, 0.3) is 0 Å². The molecule has 1 spiro atoms. The van der Waals surface area contributed by atoms with E-state index in [1.807, 2.05) is 33.8 Å². The van der Waals surface area contributed by atoms with Crippen LogP contribution in [0.15, 0.2) is 42.5 Å². The average Bonchev–Trinajstić information content (AvgIpc) is 3.46. The molecule has 2 fully saturated rings. The van der Waals surface area contributed by atoms with Gasteiger partial charge in [-0.3, -0.25) is 9.59 Å². The number of halogens is 4. The number of nitrogens with zero attached hydrogens (tertiary/aromatic N) is 2. The number of amides is 3. The van der Waals surface area contributed by atoms with Crippen LogP contribution in [0, 0.1) is 5.82 Å². The Morgan fingerprint density at radius 3 is 2.26 bits per heavy atom. The van der Waals surface area contributed by atoms with Crippen LogP contribution in [-0.4, -0.2) is 64.8 Å². The molecule has 2 aliphatic heterocycles. The maximum Gasteiger partial charge on any atom is 0.494 e. The van der Waals surface area contributed by atoms with E-state index < -0.39 is 73.0 Å². The maximum atomic E-state index is 13.7. The largest absolute Gasteiger partial charge is 0.494 e. The third-order valence-corrected chi connectivity index (χ3v) is 8.73. The van der Waals surface area contributed by atoms with Gasteiger partial charge < -0.3 is 18.9 Å². The first-order chi connectivity index (χ1) is 19.4. The summed E-state index contributed by atoms with van der Waals surface area (Å²) in [5.74, 6) is -2.51. The van der Waals surface area contributed by atoms with E-state index in [4.69, 9.17) is 14.0 Å². The van der Waals surface area contributed by atoms with Gasteiger partial charge in [0.25, 0.3) is 5.91 Å².